The van der Waals surface area contributed by atoms with Crippen LogP contribution in [0.2, 0.25) is 0 Å². The van der Waals surface area contributed by atoms with Crippen LogP contribution in [-0.4, -0.2) is 45.4 Å². The predicted octanol–water partition coefficient (Wildman–Crippen LogP) is 0.332. The first-order valence-electron chi connectivity index (χ1n) is 4.76. The zero-order chi connectivity index (χ0) is 12.1. The van der Waals surface area contributed by atoms with Crippen LogP contribution in [0.4, 0.5) is 0 Å². The van der Waals surface area contributed by atoms with E-state index < -0.39 is 5.97 Å². The van der Waals surface area contributed by atoms with Gasteiger partial charge in [-0.05, 0) is 13.0 Å². The highest BCUT2D eigenvalue weighted by atomic mass is 16.4. The van der Waals surface area contributed by atoms with E-state index in [1.165, 1.54) is 11.2 Å². The first-order valence-corrected chi connectivity index (χ1v) is 4.76. The number of aromatic nitrogens is 2. The molecule has 0 saturated heterocycles. The highest BCUT2D eigenvalue weighted by Crippen LogP contribution is 2.01. The van der Waals surface area contributed by atoms with Crippen molar-refractivity contribution in [1.82, 2.24) is 14.9 Å². The number of carbonyl (C=O) groups is 2. The van der Waals surface area contributed by atoms with Crippen LogP contribution in [0.3, 0.4) is 0 Å². The van der Waals surface area contributed by atoms with Crippen molar-refractivity contribution >= 4 is 11.9 Å². The Balaban J connectivity index is 2.67. The lowest BCUT2D eigenvalue weighted by Crippen LogP contribution is -2.29. The summed E-state index contributed by atoms with van der Waals surface area (Å²) < 4.78 is 0. The Morgan fingerprint density at radius 3 is 2.69 bits per heavy atom. The van der Waals surface area contributed by atoms with Crippen molar-refractivity contribution in [3.63, 3.8) is 0 Å². The number of nitrogens with zero attached hydrogens (tertiary/aromatic N) is 3. The van der Waals surface area contributed by atoms with Gasteiger partial charge in [-0.3, -0.25) is 9.59 Å². The minimum Gasteiger partial charge on any atom is -0.481 e. The maximum atomic E-state index is 11.8. The van der Waals surface area contributed by atoms with Crippen LogP contribution in [0.15, 0.2) is 12.4 Å². The number of hydrogen-bond acceptors (Lipinski definition) is 4. The van der Waals surface area contributed by atoms with E-state index in [9.17, 15) is 9.59 Å². The van der Waals surface area contributed by atoms with Gasteiger partial charge in [-0.2, -0.15) is 0 Å². The van der Waals surface area contributed by atoms with E-state index >= 15 is 0 Å². The van der Waals surface area contributed by atoms with Gasteiger partial charge in [0.2, 0.25) is 0 Å². The van der Waals surface area contributed by atoms with Crippen LogP contribution in [0, 0.1) is 6.92 Å². The molecule has 0 spiro atoms. The van der Waals surface area contributed by atoms with Gasteiger partial charge in [-0.15, -0.1) is 0 Å². The molecular weight excluding hydrogens is 210 g/mol. The summed E-state index contributed by atoms with van der Waals surface area (Å²) >= 11 is 0. The Morgan fingerprint density at radius 2 is 2.12 bits per heavy atom. The van der Waals surface area contributed by atoms with Crippen molar-refractivity contribution in [3.8, 4) is 0 Å². The van der Waals surface area contributed by atoms with Crippen molar-refractivity contribution in [3.05, 3.63) is 23.8 Å². The van der Waals surface area contributed by atoms with Gasteiger partial charge >= 0.3 is 5.97 Å². The number of carboxylic acids is 1. The zero-order valence-electron chi connectivity index (χ0n) is 9.17. The summed E-state index contributed by atoms with van der Waals surface area (Å²) in [7, 11) is 1.54. The van der Waals surface area contributed by atoms with Crippen LogP contribution >= 0.6 is 0 Å². The maximum Gasteiger partial charge on any atom is 0.305 e. The quantitative estimate of drug-likeness (QED) is 0.795. The number of carboxylic acid groups (broad SMARTS) is 1. The van der Waals surface area contributed by atoms with Crippen LogP contribution in [0.5, 0.6) is 0 Å². The molecule has 0 atom stereocenters. The van der Waals surface area contributed by atoms with Gasteiger partial charge in [0.15, 0.2) is 0 Å². The monoisotopic (exact) mass is 223 g/mol. The summed E-state index contributed by atoms with van der Waals surface area (Å²) in [6, 6.07) is 1.57. The van der Waals surface area contributed by atoms with Crippen LogP contribution in [-0.2, 0) is 4.79 Å². The average molecular weight is 223 g/mol. The highest BCUT2D eigenvalue weighted by Gasteiger charge is 2.14. The van der Waals surface area contributed by atoms with Gasteiger partial charge in [0.1, 0.15) is 12.0 Å². The molecule has 0 unspecified atom stereocenters. The molecule has 6 heteroatoms. The topological polar surface area (TPSA) is 83.4 Å². The predicted molar refractivity (Wildman–Crippen MR) is 56.0 cm³/mol. The molecule has 0 bridgehead atoms. The number of amides is 1. The maximum absolute atomic E-state index is 11.8. The molecule has 86 valence electrons. The van der Waals surface area contributed by atoms with E-state index in [0.29, 0.717) is 5.69 Å². The molecule has 0 radical (unpaired) electrons. The second-order valence-electron chi connectivity index (χ2n) is 3.42. The summed E-state index contributed by atoms with van der Waals surface area (Å²) in [5.74, 6) is -1.23. The summed E-state index contributed by atoms with van der Waals surface area (Å²) in [4.78, 5) is 31.2. The molecule has 0 aromatic carbocycles. The summed E-state index contributed by atoms with van der Waals surface area (Å²) in [6.07, 6.45) is 1.24. The lowest BCUT2D eigenvalue weighted by atomic mass is 10.3. The van der Waals surface area contributed by atoms with Gasteiger partial charge < -0.3 is 10.0 Å². The molecule has 1 aromatic rings. The van der Waals surface area contributed by atoms with Crippen molar-refractivity contribution in [1.29, 1.82) is 0 Å². The molecule has 0 aliphatic rings. The van der Waals surface area contributed by atoms with E-state index in [-0.39, 0.29) is 24.6 Å². The standard InChI is InChI=1S/C10H13N3O3/c1-7-5-8(12-6-11-7)10(16)13(2)4-3-9(14)15/h5-6H,3-4H2,1-2H3,(H,14,15). The molecule has 6 nitrogen and oxygen atoms in total. The Labute approximate surface area is 92.9 Å². The van der Waals surface area contributed by atoms with Crippen LogP contribution in [0.25, 0.3) is 0 Å². The van der Waals surface area contributed by atoms with Gasteiger partial charge in [-0.25, -0.2) is 9.97 Å². The van der Waals surface area contributed by atoms with Crippen molar-refractivity contribution < 1.29 is 14.7 Å². The Hall–Kier alpha value is -1.98. The first kappa shape index (κ1) is 12.1. The van der Waals surface area contributed by atoms with E-state index in [1.54, 1.807) is 20.0 Å². The number of carbonyl (C=O) groups excluding carboxylic acids is 1. The molecule has 0 aliphatic carbocycles. The number of hydrogen-bond donors (Lipinski definition) is 1. The minimum absolute atomic E-state index is 0.0771. The first-order chi connectivity index (χ1) is 7.50. The zero-order valence-corrected chi connectivity index (χ0v) is 9.17. The van der Waals surface area contributed by atoms with Crippen LogP contribution < -0.4 is 0 Å². The van der Waals surface area contributed by atoms with Gasteiger partial charge in [0, 0.05) is 19.3 Å². The molecule has 0 fully saturated rings. The smallest absolute Gasteiger partial charge is 0.305 e. The summed E-state index contributed by atoms with van der Waals surface area (Å²) in [5.41, 5.74) is 0.977. The van der Waals surface area contributed by atoms with Crippen molar-refractivity contribution in [2.75, 3.05) is 13.6 Å². The largest absolute Gasteiger partial charge is 0.481 e. The fraction of sp³-hybridized carbons (Fsp3) is 0.400. The second kappa shape index (κ2) is 5.20. The van der Waals surface area contributed by atoms with Gasteiger partial charge in [-0.1, -0.05) is 0 Å². The molecule has 0 saturated carbocycles. The third-order valence-corrected chi connectivity index (χ3v) is 2.03. The lowest BCUT2D eigenvalue weighted by molar-refractivity contribution is -0.137. The van der Waals surface area contributed by atoms with E-state index in [1.807, 2.05) is 0 Å². The SMILES string of the molecule is Cc1cc(C(=O)N(C)CCC(=O)O)ncn1. The van der Waals surface area contributed by atoms with E-state index in [2.05, 4.69) is 9.97 Å². The molecular formula is C10H13N3O3. The molecule has 16 heavy (non-hydrogen) atoms. The molecule has 1 amide bonds. The van der Waals surface area contributed by atoms with Crippen LogP contribution in [0.1, 0.15) is 22.6 Å². The van der Waals surface area contributed by atoms with E-state index in [4.69, 9.17) is 5.11 Å². The van der Waals surface area contributed by atoms with E-state index in [0.717, 1.165) is 0 Å². The molecule has 1 N–H and O–H groups in total. The number of aliphatic carboxylic acids is 1. The third kappa shape index (κ3) is 3.30. The highest BCUT2D eigenvalue weighted by molar-refractivity contribution is 5.92. The molecule has 1 heterocycles. The fourth-order valence-electron chi connectivity index (χ4n) is 1.13. The summed E-state index contributed by atoms with van der Waals surface area (Å²) in [5, 5.41) is 8.50. The van der Waals surface area contributed by atoms with Crippen molar-refractivity contribution in [2.24, 2.45) is 0 Å². The Morgan fingerprint density at radius 1 is 1.44 bits per heavy atom. The number of aryl methyl sites for hydroxylation is 1. The number of rotatable bonds is 4. The van der Waals surface area contributed by atoms with Gasteiger partial charge in [0.05, 0.1) is 6.42 Å². The van der Waals surface area contributed by atoms with Crippen molar-refractivity contribution in [2.45, 2.75) is 13.3 Å². The van der Waals surface area contributed by atoms with Gasteiger partial charge in [0.25, 0.3) is 5.91 Å². The minimum atomic E-state index is -0.932. The fourth-order valence-corrected chi connectivity index (χ4v) is 1.13. The normalized spacial score (nSPS) is 9.88. The second-order valence-corrected chi connectivity index (χ2v) is 3.42. The lowest BCUT2D eigenvalue weighted by Gasteiger charge is -2.15. The Kier molecular flexibility index (Phi) is 3.93. The molecule has 1 aromatic heterocycles. The molecule has 0 aliphatic heterocycles. The third-order valence-electron chi connectivity index (χ3n) is 2.03. The molecule has 1 rings (SSSR count). The average Bonchev–Trinajstić information content (AvgIpc) is 2.24. The Bertz CT molecular complexity index is 406. The summed E-state index contributed by atoms with van der Waals surface area (Å²) in [6.45, 7) is 1.92.